The maximum atomic E-state index is 13.1. The van der Waals surface area contributed by atoms with E-state index in [1.807, 2.05) is 56.8 Å². The number of imidazole rings is 1. The number of hydrogen-bond acceptors (Lipinski definition) is 4. The molecule has 4 rings (SSSR count). The van der Waals surface area contributed by atoms with Crippen LogP contribution in [0.15, 0.2) is 24.3 Å². The smallest absolute Gasteiger partial charge is 0.274 e. The molecule has 0 bridgehead atoms. The highest BCUT2D eigenvalue weighted by atomic mass is 16.5. The summed E-state index contributed by atoms with van der Waals surface area (Å²) in [4.78, 5) is 19.5. The Bertz CT molecular complexity index is 1020. The van der Waals surface area contributed by atoms with Crippen molar-refractivity contribution < 1.29 is 9.53 Å². The van der Waals surface area contributed by atoms with E-state index in [1.54, 1.807) is 16.6 Å². The van der Waals surface area contributed by atoms with Crippen LogP contribution in [0.1, 0.15) is 47.5 Å². The number of rotatable bonds is 3. The summed E-state index contributed by atoms with van der Waals surface area (Å²) in [7, 11) is 5.65. The van der Waals surface area contributed by atoms with Gasteiger partial charge in [-0.1, -0.05) is 12.1 Å². The van der Waals surface area contributed by atoms with Crippen LogP contribution in [0.2, 0.25) is 0 Å². The van der Waals surface area contributed by atoms with Crippen molar-refractivity contribution in [3.63, 3.8) is 0 Å². The molecule has 1 aliphatic heterocycles. The molecule has 142 valence electrons. The van der Waals surface area contributed by atoms with E-state index < -0.39 is 0 Å². The van der Waals surface area contributed by atoms with E-state index in [0.717, 1.165) is 28.1 Å². The highest BCUT2D eigenvalue weighted by Crippen LogP contribution is 2.32. The number of para-hydroxylation sites is 2. The van der Waals surface area contributed by atoms with Crippen molar-refractivity contribution in [2.24, 2.45) is 14.1 Å². The third-order valence-corrected chi connectivity index (χ3v) is 5.31. The predicted molar refractivity (Wildman–Crippen MR) is 102 cm³/mol. The number of carbonyl (C=O) groups is 1. The molecule has 7 heteroatoms. The van der Waals surface area contributed by atoms with Crippen LogP contribution < -0.4 is 0 Å². The second-order valence-electron chi connectivity index (χ2n) is 7.37. The van der Waals surface area contributed by atoms with Gasteiger partial charge in [-0.25, -0.2) is 4.98 Å². The summed E-state index contributed by atoms with van der Waals surface area (Å²) >= 11 is 0. The third-order valence-electron chi connectivity index (χ3n) is 5.31. The van der Waals surface area contributed by atoms with Gasteiger partial charge in [0.15, 0.2) is 5.69 Å². The Labute approximate surface area is 158 Å². The Kier molecular flexibility index (Phi) is 4.26. The molecule has 0 unspecified atom stereocenters. The summed E-state index contributed by atoms with van der Waals surface area (Å²) in [6.45, 7) is 4.47. The maximum absolute atomic E-state index is 13.1. The van der Waals surface area contributed by atoms with Crippen LogP contribution in [-0.4, -0.2) is 43.3 Å². The number of benzene rings is 1. The Morgan fingerprint density at radius 2 is 2.04 bits per heavy atom. The number of aromatic nitrogens is 4. The molecule has 7 nitrogen and oxygen atoms in total. The largest absolute Gasteiger partial charge is 0.369 e. The molecule has 27 heavy (non-hydrogen) atoms. The lowest BCUT2D eigenvalue weighted by molar-refractivity contribution is -0.00906. The second kappa shape index (κ2) is 6.49. The molecule has 2 aromatic heterocycles. The number of ether oxygens (including phenoxy) is 1. The highest BCUT2D eigenvalue weighted by Gasteiger charge is 2.32. The predicted octanol–water partition coefficient (Wildman–Crippen LogP) is 2.60. The Hall–Kier alpha value is -2.67. The molecule has 0 radical (unpaired) electrons. The zero-order valence-corrected chi connectivity index (χ0v) is 16.4. The van der Waals surface area contributed by atoms with Crippen molar-refractivity contribution in [2.75, 3.05) is 7.05 Å². The third kappa shape index (κ3) is 2.92. The summed E-state index contributed by atoms with van der Waals surface area (Å²) in [5.74, 6) is 0.766. The number of nitrogens with zero attached hydrogens (tertiary/aromatic N) is 5. The van der Waals surface area contributed by atoms with Crippen LogP contribution in [-0.2, 0) is 31.8 Å². The molecule has 3 heterocycles. The molecule has 0 N–H and O–H groups in total. The van der Waals surface area contributed by atoms with Gasteiger partial charge in [-0.05, 0) is 26.0 Å². The highest BCUT2D eigenvalue weighted by molar-refractivity contribution is 5.94. The molecule has 1 aromatic carbocycles. The van der Waals surface area contributed by atoms with Crippen LogP contribution in [0.3, 0.4) is 0 Å². The van der Waals surface area contributed by atoms with Crippen LogP contribution in [0.4, 0.5) is 0 Å². The fraction of sp³-hybridized carbons (Fsp3) is 0.450. The minimum atomic E-state index is -0.0831. The topological polar surface area (TPSA) is 65.2 Å². The first-order chi connectivity index (χ1) is 12.9. The molecular formula is C20H25N5O2. The zero-order chi connectivity index (χ0) is 19.3. The number of amides is 1. The standard InChI is InChI=1S/C20H25N5O2/c1-12-10-14-18(22-25(5)19(14)13(2)27-12)20(26)23(3)11-17-21-15-8-6-7-9-16(15)24(17)4/h6-9,12-13H,10-11H2,1-5H3/t12-,13+/m1/s1. The molecule has 1 amide bonds. The second-order valence-corrected chi connectivity index (χ2v) is 7.37. The first-order valence-corrected chi connectivity index (χ1v) is 9.23. The molecule has 0 aliphatic carbocycles. The Morgan fingerprint density at radius 3 is 2.78 bits per heavy atom. The SMILES string of the molecule is C[C@@H]1Cc2c(C(=O)N(C)Cc3nc4ccccc4n3C)nn(C)c2[C@H](C)O1. The van der Waals surface area contributed by atoms with Crippen molar-refractivity contribution in [3.05, 3.63) is 47.0 Å². The molecule has 0 fully saturated rings. The van der Waals surface area contributed by atoms with Crippen LogP contribution in [0, 0.1) is 0 Å². The van der Waals surface area contributed by atoms with Crippen molar-refractivity contribution in [1.82, 2.24) is 24.2 Å². The monoisotopic (exact) mass is 367 g/mol. The van der Waals surface area contributed by atoms with Gasteiger partial charge in [-0.3, -0.25) is 9.48 Å². The van der Waals surface area contributed by atoms with Gasteiger partial charge in [0.1, 0.15) is 5.82 Å². The van der Waals surface area contributed by atoms with E-state index in [9.17, 15) is 4.79 Å². The van der Waals surface area contributed by atoms with Gasteiger partial charge in [0, 0.05) is 33.1 Å². The summed E-state index contributed by atoms with van der Waals surface area (Å²) in [5.41, 5.74) is 4.52. The van der Waals surface area contributed by atoms with Crippen LogP contribution in [0.5, 0.6) is 0 Å². The molecule has 0 spiro atoms. The lowest BCUT2D eigenvalue weighted by atomic mass is 9.99. The number of aryl methyl sites for hydroxylation is 2. The lowest BCUT2D eigenvalue weighted by Gasteiger charge is -2.26. The summed E-state index contributed by atoms with van der Waals surface area (Å²) in [6.07, 6.45) is 0.718. The van der Waals surface area contributed by atoms with Gasteiger partial charge >= 0.3 is 0 Å². The zero-order valence-electron chi connectivity index (χ0n) is 16.4. The van der Waals surface area contributed by atoms with Crippen molar-refractivity contribution in [3.8, 4) is 0 Å². The Morgan fingerprint density at radius 1 is 1.30 bits per heavy atom. The summed E-state index contributed by atoms with van der Waals surface area (Å²) in [6, 6.07) is 7.98. The van der Waals surface area contributed by atoms with Gasteiger partial charge in [-0.15, -0.1) is 0 Å². The van der Waals surface area contributed by atoms with Gasteiger partial charge < -0.3 is 14.2 Å². The van der Waals surface area contributed by atoms with Crippen molar-refractivity contribution in [1.29, 1.82) is 0 Å². The summed E-state index contributed by atoms with van der Waals surface area (Å²) in [5, 5.41) is 4.52. The normalized spacial score (nSPS) is 19.3. The molecule has 0 saturated heterocycles. The molecule has 0 saturated carbocycles. The van der Waals surface area contributed by atoms with Gasteiger partial charge in [0.2, 0.25) is 0 Å². The first kappa shape index (κ1) is 17.7. The van der Waals surface area contributed by atoms with E-state index in [2.05, 4.69) is 10.1 Å². The van der Waals surface area contributed by atoms with Crippen molar-refractivity contribution in [2.45, 2.75) is 39.0 Å². The number of hydrogen-bond donors (Lipinski definition) is 0. The Balaban J connectivity index is 1.63. The van der Waals surface area contributed by atoms with E-state index in [-0.39, 0.29) is 18.1 Å². The lowest BCUT2D eigenvalue weighted by Crippen LogP contribution is -2.30. The average Bonchev–Trinajstić information content (AvgIpc) is 3.12. The van der Waals surface area contributed by atoms with E-state index in [0.29, 0.717) is 18.7 Å². The van der Waals surface area contributed by atoms with Crippen molar-refractivity contribution >= 4 is 16.9 Å². The minimum absolute atomic E-state index is 0.0621. The quantitative estimate of drug-likeness (QED) is 0.714. The molecule has 2 atom stereocenters. The molecule has 3 aromatic rings. The molecular weight excluding hydrogens is 342 g/mol. The maximum Gasteiger partial charge on any atom is 0.274 e. The molecule has 1 aliphatic rings. The fourth-order valence-electron chi connectivity index (χ4n) is 4.01. The minimum Gasteiger partial charge on any atom is -0.369 e. The number of fused-ring (bicyclic) bond motifs is 2. The van der Waals surface area contributed by atoms with E-state index >= 15 is 0 Å². The van der Waals surface area contributed by atoms with Gasteiger partial charge in [0.05, 0.1) is 35.5 Å². The first-order valence-electron chi connectivity index (χ1n) is 9.23. The van der Waals surface area contributed by atoms with Gasteiger partial charge in [-0.2, -0.15) is 5.10 Å². The average molecular weight is 367 g/mol. The fourth-order valence-corrected chi connectivity index (χ4v) is 4.01. The van der Waals surface area contributed by atoms with E-state index in [4.69, 9.17) is 4.74 Å². The summed E-state index contributed by atoms with van der Waals surface area (Å²) < 4.78 is 9.71. The van der Waals surface area contributed by atoms with Crippen LogP contribution in [0.25, 0.3) is 11.0 Å². The van der Waals surface area contributed by atoms with Gasteiger partial charge in [0.25, 0.3) is 5.91 Å². The number of carbonyl (C=O) groups excluding carboxylic acids is 1. The van der Waals surface area contributed by atoms with Crippen LogP contribution >= 0.6 is 0 Å². The van der Waals surface area contributed by atoms with E-state index in [1.165, 1.54) is 0 Å².